The minimum atomic E-state index is -0.241. The normalized spacial score (nSPS) is 12.5. The van der Waals surface area contributed by atoms with Crippen LogP contribution in [0.15, 0.2) is 6.20 Å². The fourth-order valence-electron chi connectivity index (χ4n) is 1.53. The largest absolute Gasteiger partial charge is 0.465 e. The average molecular weight is 211 g/mol. The predicted molar refractivity (Wildman–Crippen MR) is 55.3 cm³/mol. The Morgan fingerprint density at radius 1 is 1.60 bits per heavy atom. The Balaban J connectivity index is 2.83. The Hall–Kier alpha value is -1.39. The van der Waals surface area contributed by atoms with E-state index in [2.05, 4.69) is 10.3 Å². The van der Waals surface area contributed by atoms with Gasteiger partial charge in [-0.05, 0) is 13.3 Å². The molecule has 15 heavy (non-hydrogen) atoms. The quantitative estimate of drug-likeness (QED) is 0.688. The van der Waals surface area contributed by atoms with E-state index in [9.17, 15) is 4.79 Å². The number of aromatic nitrogens is 3. The van der Waals surface area contributed by atoms with E-state index >= 15 is 0 Å². The van der Waals surface area contributed by atoms with Crippen molar-refractivity contribution in [3.05, 3.63) is 11.9 Å². The first kappa shape index (κ1) is 11.7. The average Bonchev–Trinajstić information content (AvgIpc) is 2.61. The topological polar surface area (TPSA) is 57.0 Å². The summed E-state index contributed by atoms with van der Waals surface area (Å²) in [5.74, 6) is -0.431. The van der Waals surface area contributed by atoms with E-state index in [-0.39, 0.29) is 11.9 Å². The van der Waals surface area contributed by atoms with Crippen molar-refractivity contribution in [2.24, 2.45) is 7.05 Å². The second-order valence-corrected chi connectivity index (χ2v) is 3.38. The fraction of sp³-hybridized carbons (Fsp3) is 0.700. The predicted octanol–water partition coefficient (Wildman–Crippen LogP) is 1.26. The lowest BCUT2D eigenvalue weighted by Crippen LogP contribution is -2.18. The van der Waals surface area contributed by atoms with Crippen LogP contribution >= 0.6 is 0 Å². The molecule has 1 aromatic rings. The first-order chi connectivity index (χ1) is 7.20. The number of rotatable bonds is 5. The molecular weight excluding hydrogens is 194 g/mol. The number of hydrogen-bond donors (Lipinski definition) is 0. The molecule has 0 bridgehead atoms. The van der Waals surface area contributed by atoms with Crippen molar-refractivity contribution in [1.29, 1.82) is 0 Å². The number of nitrogens with zero attached hydrogens (tertiary/aromatic N) is 3. The number of aryl methyl sites for hydroxylation is 1. The monoisotopic (exact) mass is 211 g/mol. The van der Waals surface area contributed by atoms with E-state index in [0.29, 0.717) is 6.61 Å². The molecule has 0 aliphatic carbocycles. The number of carbonyl (C=O) groups is 1. The Labute approximate surface area is 89.4 Å². The van der Waals surface area contributed by atoms with Gasteiger partial charge in [-0.25, -0.2) is 0 Å². The summed E-state index contributed by atoms with van der Waals surface area (Å²) in [5.41, 5.74) is 0.815. The van der Waals surface area contributed by atoms with Gasteiger partial charge >= 0.3 is 5.97 Å². The number of esters is 1. The third-order valence-corrected chi connectivity index (χ3v) is 2.25. The Morgan fingerprint density at radius 3 is 2.80 bits per heavy atom. The molecule has 0 saturated carbocycles. The Morgan fingerprint density at radius 2 is 2.33 bits per heavy atom. The molecule has 0 N–H and O–H groups in total. The first-order valence-corrected chi connectivity index (χ1v) is 5.21. The molecule has 1 unspecified atom stereocenters. The molecule has 0 spiro atoms. The zero-order valence-electron chi connectivity index (χ0n) is 9.43. The third-order valence-electron chi connectivity index (χ3n) is 2.25. The molecule has 0 aliphatic rings. The van der Waals surface area contributed by atoms with Crippen molar-refractivity contribution >= 4 is 5.97 Å². The van der Waals surface area contributed by atoms with Gasteiger partial charge in [-0.15, -0.1) is 5.10 Å². The molecule has 0 radical (unpaired) electrons. The van der Waals surface area contributed by atoms with Gasteiger partial charge in [0.05, 0.1) is 18.5 Å². The van der Waals surface area contributed by atoms with E-state index in [1.165, 1.54) is 0 Å². The van der Waals surface area contributed by atoms with Crippen LogP contribution in [0.5, 0.6) is 0 Å². The summed E-state index contributed by atoms with van der Waals surface area (Å²) in [6, 6.07) is 0. The van der Waals surface area contributed by atoms with E-state index < -0.39 is 0 Å². The van der Waals surface area contributed by atoms with Crippen LogP contribution in [0.1, 0.15) is 38.3 Å². The molecule has 0 aromatic carbocycles. The lowest BCUT2D eigenvalue weighted by Gasteiger charge is -2.13. The summed E-state index contributed by atoms with van der Waals surface area (Å²) < 4.78 is 6.65. The number of hydrogen-bond acceptors (Lipinski definition) is 4. The molecule has 5 nitrogen and oxygen atoms in total. The molecule has 5 heteroatoms. The highest BCUT2D eigenvalue weighted by atomic mass is 16.5. The molecule has 1 aromatic heterocycles. The lowest BCUT2D eigenvalue weighted by molar-refractivity contribution is -0.145. The minimum Gasteiger partial charge on any atom is -0.465 e. The molecule has 1 heterocycles. The Bertz CT molecular complexity index is 322. The van der Waals surface area contributed by atoms with Gasteiger partial charge in [0, 0.05) is 7.05 Å². The van der Waals surface area contributed by atoms with Crippen molar-refractivity contribution in [2.75, 3.05) is 6.61 Å². The Kier molecular flexibility index (Phi) is 4.27. The van der Waals surface area contributed by atoms with E-state index in [0.717, 1.165) is 18.5 Å². The molecule has 1 atom stereocenters. The van der Waals surface area contributed by atoms with Gasteiger partial charge in [0.2, 0.25) is 0 Å². The second kappa shape index (κ2) is 5.48. The van der Waals surface area contributed by atoms with Crippen molar-refractivity contribution < 1.29 is 9.53 Å². The van der Waals surface area contributed by atoms with E-state index in [1.54, 1.807) is 17.9 Å². The maximum Gasteiger partial charge on any atom is 0.315 e. The highest BCUT2D eigenvalue weighted by molar-refractivity contribution is 5.77. The van der Waals surface area contributed by atoms with Gasteiger partial charge in [0.15, 0.2) is 0 Å². The summed E-state index contributed by atoms with van der Waals surface area (Å²) in [7, 11) is 1.78. The van der Waals surface area contributed by atoms with Gasteiger partial charge in [0.25, 0.3) is 0 Å². The van der Waals surface area contributed by atoms with Crippen molar-refractivity contribution in [2.45, 2.75) is 32.6 Å². The van der Waals surface area contributed by atoms with Crippen molar-refractivity contribution in [3.63, 3.8) is 0 Å². The number of ether oxygens (including phenoxy) is 1. The molecular formula is C10H17N3O2. The summed E-state index contributed by atoms with van der Waals surface area (Å²) in [5, 5.41) is 7.59. The summed E-state index contributed by atoms with van der Waals surface area (Å²) >= 11 is 0. The third kappa shape index (κ3) is 2.78. The van der Waals surface area contributed by atoms with Crippen LogP contribution in [0.3, 0.4) is 0 Å². The van der Waals surface area contributed by atoms with Gasteiger partial charge in [-0.1, -0.05) is 18.6 Å². The maximum atomic E-state index is 11.7. The van der Waals surface area contributed by atoms with E-state index in [1.807, 2.05) is 13.8 Å². The van der Waals surface area contributed by atoms with Crippen LogP contribution < -0.4 is 0 Å². The van der Waals surface area contributed by atoms with Crippen molar-refractivity contribution in [1.82, 2.24) is 15.0 Å². The first-order valence-electron chi connectivity index (χ1n) is 5.21. The SMILES string of the molecule is CCCC(C(=O)OCC)c1cnnn1C. The molecule has 0 amide bonds. The highest BCUT2D eigenvalue weighted by Crippen LogP contribution is 2.21. The maximum absolute atomic E-state index is 11.7. The van der Waals surface area contributed by atoms with Crippen LogP contribution in [0.4, 0.5) is 0 Å². The summed E-state index contributed by atoms with van der Waals surface area (Å²) in [6.45, 7) is 4.25. The van der Waals surface area contributed by atoms with Crippen molar-refractivity contribution in [3.8, 4) is 0 Å². The zero-order chi connectivity index (χ0) is 11.3. The molecule has 84 valence electrons. The molecule has 1 rings (SSSR count). The standard InChI is InChI=1S/C10H17N3O2/c1-4-6-8(10(14)15-5-2)9-7-11-12-13(9)3/h7-8H,4-6H2,1-3H3. The van der Waals surface area contributed by atoms with Crippen LogP contribution in [0.2, 0.25) is 0 Å². The smallest absolute Gasteiger partial charge is 0.315 e. The van der Waals surface area contributed by atoms with E-state index in [4.69, 9.17) is 4.74 Å². The molecule has 0 aliphatic heterocycles. The lowest BCUT2D eigenvalue weighted by atomic mass is 10.0. The summed E-state index contributed by atoms with van der Waals surface area (Å²) in [6.07, 6.45) is 3.31. The van der Waals surface area contributed by atoms with Gasteiger partial charge in [-0.3, -0.25) is 9.48 Å². The van der Waals surface area contributed by atoms with Crippen LogP contribution in [-0.2, 0) is 16.6 Å². The van der Waals surface area contributed by atoms with Crippen LogP contribution in [-0.4, -0.2) is 27.6 Å². The number of carbonyl (C=O) groups excluding carboxylic acids is 1. The zero-order valence-corrected chi connectivity index (χ0v) is 9.43. The fourth-order valence-corrected chi connectivity index (χ4v) is 1.53. The van der Waals surface area contributed by atoms with Crippen LogP contribution in [0.25, 0.3) is 0 Å². The van der Waals surface area contributed by atoms with Gasteiger partial charge < -0.3 is 4.74 Å². The minimum absolute atomic E-state index is 0.190. The van der Waals surface area contributed by atoms with Crippen LogP contribution in [0, 0.1) is 0 Å². The summed E-state index contributed by atoms with van der Waals surface area (Å²) in [4.78, 5) is 11.7. The highest BCUT2D eigenvalue weighted by Gasteiger charge is 2.24. The molecule has 0 fully saturated rings. The van der Waals surface area contributed by atoms with Gasteiger partial charge in [0.1, 0.15) is 5.92 Å². The molecule has 0 saturated heterocycles. The van der Waals surface area contributed by atoms with Gasteiger partial charge in [-0.2, -0.15) is 0 Å². The second-order valence-electron chi connectivity index (χ2n) is 3.38.